The van der Waals surface area contributed by atoms with E-state index < -0.39 is 16.6 Å². The fourth-order valence-corrected chi connectivity index (χ4v) is 11.7. The molecule has 5 heteroatoms. The van der Waals surface area contributed by atoms with Gasteiger partial charge in [0.05, 0.1) is 18.8 Å². The highest BCUT2D eigenvalue weighted by molar-refractivity contribution is 6.74. The number of fused-ring (bicyclic) bond motifs is 1. The first-order chi connectivity index (χ1) is 22.0. The third-order valence-electron chi connectivity index (χ3n) is 15.2. The zero-order valence-electron chi connectivity index (χ0n) is 34.4. The van der Waals surface area contributed by atoms with E-state index in [1.807, 2.05) is 0 Å². The minimum atomic E-state index is -1.97. The average Bonchev–Trinajstić information content (AvgIpc) is 3.70. The van der Waals surface area contributed by atoms with Crippen molar-refractivity contribution in [2.75, 3.05) is 6.61 Å². The number of hydrogen-bond acceptors (Lipinski definition) is 3. The van der Waals surface area contributed by atoms with Crippen LogP contribution >= 0.6 is 0 Å². The Balaban J connectivity index is 1.52. The van der Waals surface area contributed by atoms with Crippen molar-refractivity contribution in [3.8, 4) is 0 Å². The number of epoxide rings is 1. The smallest absolute Gasteiger partial charge is 0.192 e. The standard InChI is InChI=1S/C43H78O3Si2/c1-16-41(10,17-2)27-19-18-21-32(3)35-25-26-36-34(22-20-28-42(35,36)11)24-23-33-29-37(45-47(12,13)39(4,5)6)43(31-44-43)38(30-33)46-48(14,15)40(7,8)9/h18-19,21,24,27,32-33,35-38H,16-17,20,22-23,25-26,28-31H2,1-15H3/b21-18+,27-19+,34-24+/t32-,33?,35?,36?,37-,38-,42?,43?/m1/s1. The lowest BCUT2D eigenvalue weighted by molar-refractivity contribution is -0.0516. The van der Waals surface area contributed by atoms with Gasteiger partial charge >= 0.3 is 0 Å². The van der Waals surface area contributed by atoms with E-state index in [9.17, 15) is 0 Å². The van der Waals surface area contributed by atoms with E-state index in [-0.39, 0.29) is 27.9 Å². The predicted octanol–water partition coefficient (Wildman–Crippen LogP) is 13.1. The highest BCUT2D eigenvalue weighted by atomic mass is 28.4. The Morgan fingerprint density at radius 1 is 0.875 bits per heavy atom. The van der Waals surface area contributed by atoms with Crippen molar-refractivity contribution in [2.24, 2.45) is 34.5 Å². The van der Waals surface area contributed by atoms with E-state index in [2.05, 4.69) is 133 Å². The van der Waals surface area contributed by atoms with Crippen LogP contribution in [0.2, 0.25) is 36.3 Å². The zero-order chi connectivity index (χ0) is 36.0. The van der Waals surface area contributed by atoms with Crippen molar-refractivity contribution < 1.29 is 13.6 Å². The molecule has 3 saturated carbocycles. The molecule has 3 aliphatic carbocycles. The average molecular weight is 699 g/mol. The summed E-state index contributed by atoms with van der Waals surface area (Å²) in [6.07, 6.45) is 25.1. The van der Waals surface area contributed by atoms with Crippen LogP contribution < -0.4 is 0 Å². The van der Waals surface area contributed by atoms with Crippen LogP contribution in [0.15, 0.2) is 36.0 Å². The molecule has 48 heavy (non-hydrogen) atoms. The maximum Gasteiger partial charge on any atom is 0.192 e. The first-order valence-electron chi connectivity index (χ1n) is 20.1. The van der Waals surface area contributed by atoms with Crippen LogP contribution in [0.25, 0.3) is 0 Å². The Bertz CT molecular complexity index is 1140. The fourth-order valence-electron chi connectivity index (χ4n) is 8.97. The van der Waals surface area contributed by atoms with Gasteiger partial charge in [0.1, 0.15) is 5.60 Å². The molecule has 0 aromatic carbocycles. The molecule has 4 fully saturated rings. The van der Waals surface area contributed by atoms with Gasteiger partial charge < -0.3 is 13.6 Å². The summed E-state index contributed by atoms with van der Waals surface area (Å²) in [6, 6.07) is 0. The normalized spacial score (nSPS) is 35.2. The summed E-state index contributed by atoms with van der Waals surface area (Å²) in [5.74, 6) is 2.71. The van der Waals surface area contributed by atoms with E-state index in [0.29, 0.717) is 22.7 Å². The van der Waals surface area contributed by atoms with Crippen molar-refractivity contribution in [3.63, 3.8) is 0 Å². The van der Waals surface area contributed by atoms with E-state index in [1.165, 1.54) is 44.9 Å². The molecule has 1 saturated heterocycles. The Kier molecular flexibility index (Phi) is 12.2. The molecule has 0 amide bonds. The third kappa shape index (κ3) is 8.42. The molecule has 276 valence electrons. The molecule has 1 spiro atoms. The van der Waals surface area contributed by atoms with Gasteiger partial charge in [-0.3, -0.25) is 0 Å². The van der Waals surface area contributed by atoms with Crippen LogP contribution in [0.4, 0.5) is 0 Å². The molecule has 3 nitrogen and oxygen atoms in total. The van der Waals surface area contributed by atoms with Crippen LogP contribution in [-0.4, -0.2) is 41.1 Å². The van der Waals surface area contributed by atoms with Crippen LogP contribution in [0.1, 0.15) is 140 Å². The van der Waals surface area contributed by atoms with Crippen LogP contribution in [0.5, 0.6) is 0 Å². The van der Waals surface area contributed by atoms with E-state index >= 15 is 0 Å². The van der Waals surface area contributed by atoms with Crippen molar-refractivity contribution in [1.82, 2.24) is 0 Å². The molecule has 0 radical (unpaired) electrons. The highest BCUT2D eigenvalue weighted by Gasteiger charge is 2.64. The summed E-state index contributed by atoms with van der Waals surface area (Å²) in [5, 5.41) is 0.348. The van der Waals surface area contributed by atoms with Crippen LogP contribution in [0, 0.1) is 34.5 Å². The lowest BCUT2D eigenvalue weighted by Gasteiger charge is -2.49. The van der Waals surface area contributed by atoms with Gasteiger partial charge in [-0.05, 0) is 135 Å². The molecule has 3 unspecified atom stereocenters. The van der Waals surface area contributed by atoms with Gasteiger partial charge in [0, 0.05) is 0 Å². The quantitative estimate of drug-likeness (QED) is 0.0880. The second-order valence-electron chi connectivity index (χ2n) is 20.4. The lowest BCUT2D eigenvalue weighted by atomic mass is 9.61. The maximum absolute atomic E-state index is 7.29. The van der Waals surface area contributed by atoms with Crippen molar-refractivity contribution in [1.29, 1.82) is 0 Å². The minimum Gasteiger partial charge on any atom is -0.411 e. The molecular weight excluding hydrogens is 621 g/mol. The van der Waals surface area contributed by atoms with Crippen molar-refractivity contribution in [2.45, 2.75) is 194 Å². The molecule has 4 rings (SSSR count). The van der Waals surface area contributed by atoms with Crippen molar-refractivity contribution >= 4 is 16.6 Å². The summed E-state index contributed by atoms with van der Waals surface area (Å²) in [6.45, 7) is 36.8. The Labute approximate surface area is 300 Å². The zero-order valence-corrected chi connectivity index (χ0v) is 36.4. The summed E-state index contributed by atoms with van der Waals surface area (Å²) in [4.78, 5) is 0. The number of ether oxygens (including phenoxy) is 1. The van der Waals surface area contributed by atoms with Gasteiger partial charge in [-0.2, -0.15) is 0 Å². The molecule has 1 heterocycles. The minimum absolute atomic E-state index is 0.131. The molecule has 1 aliphatic heterocycles. The Hall–Kier alpha value is -0.466. The van der Waals surface area contributed by atoms with Crippen molar-refractivity contribution in [3.05, 3.63) is 36.0 Å². The SMILES string of the molecule is CCC(C)(/C=C/C=C/[C@@H](C)C1CCC2/C(=C/CC3C[C@@H](O[Si](C)(C)C(C)(C)C)C4(CO4)[C@H](O[Si](C)(C)C(C)(C)C)C3)CCCC21C)CC. The first-order valence-corrected chi connectivity index (χ1v) is 25.9. The molecule has 0 bridgehead atoms. The highest BCUT2D eigenvalue weighted by Crippen LogP contribution is 2.60. The van der Waals surface area contributed by atoms with E-state index in [0.717, 1.165) is 37.7 Å². The second-order valence-corrected chi connectivity index (χ2v) is 29.9. The topological polar surface area (TPSA) is 31.0 Å². The van der Waals surface area contributed by atoms with E-state index in [4.69, 9.17) is 13.6 Å². The Morgan fingerprint density at radius 3 is 1.90 bits per heavy atom. The summed E-state index contributed by atoms with van der Waals surface area (Å²) >= 11 is 0. The maximum atomic E-state index is 7.29. The van der Waals surface area contributed by atoms with Gasteiger partial charge in [0.15, 0.2) is 16.6 Å². The monoisotopic (exact) mass is 699 g/mol. The fraction of sp³-hybridized carbons (Fsp3) is 0.860. The van der Waals surface area contributed by atoms with Gasteiger partial charge in [0.25, 0.3) is 0 Å². The largest absolute Gasteiger partial charge is 0.411 e. The third-order valence-corrected chi connectivity index (χ3v) is 24.1. The molecule has 6 atom stereocenters. The first kappa shape index (κ1) is 40.3. The van der Waals surface area contributed by atoms with Gasteiger partial charge in [-0.15, -0.1) is 0 Å². The predicted molar refractivity (Wildman–Crippen MR) is 213 cm³/mol. The number of allylic oxidation sites excluding steroid dienone is 6. The number of rotatable bonds is 12. The van der Waals surface area contributed by atoms with E-state index in [1.54, 1.807) is 5.57 Å². The van der Waals surface area contributed by atoms with Gasteiger partial charge in [-0.1, -0.05) is 112 Å². The molecule has 0 N–H and O–H groups in total. The Morgan fingerprint density at radius 2 is 1.42 bits per heavy atom. The van der Waals surface area contributed by atoms with Gasteiger partial charge in [0.2, 0.25) is 0 Å². The van der Waals surface area contributed by atoms with Crippen LogP contribution in [-0.2, 0) is 13.6 Å². The van der Waals surface area contributed by atoms with Crippen LogP contribution in [0.3, 0.4) is 0 Å². The second kappa shape index (κ2) is 14.5. The number of hydrogen-bond donors (Lipinski definition) is 0. The molecule has 0 aromatic rings. The lowest BCUT2D eigenvalue weighted by Crippen LogP contribution is -2.58. The molecule has 4 aliphatic rings. The molecular formula is C43H78O3Si2. The summed E-state index contributed by atoms with van der Waals surface area (Å²) < 4.78 is 21.0. The summed E-state index contributed by atoms with van der Waals surface area (Å²) in [7, 11) is -3.94. The molecule has 0 aromatic heterocycles. The summed E-state index contributed by atoms with van der Waals surface area (Å²) in [5.41, 5.74) is 2.26. The van der Waals surface area contributed by atoms with Gasteiger partial charge in [-0.25, -0.2) is 0 Å².